The van der Waals surface area contributed by atoms with Crippen LogP contribution in [0.25, 0.3) is 0 Å². The van der Waals surface area contributed by atoms with Gasteiger partial charge in [0.15, 0.2) is 0 Å². The Bertz CT molecular complexity index is 436. The zero-order chi connectivity index (χ0) is 17.0. The molecule has 0 fully saturated rings. The summed E-state index contributed by atoms with van der Waals surface area (Å²) in [6, 6.07) is 0. The molecule has 1 atom stereocenters. The topological polar surface area (TPSA) is 49.8 Å². The van der Waals surface area contributed by atoms with Crippen LogP contribution >= 0.6 is 0 Å². The molecule has 0 aliphatic rings. The van der Waals surface area contributed by atoms with Crippen molar-refractivity contribution in [2.75, 3.05) is 20.2 Å². The Hall–Kier alpha value is -1.97. The van der Waals surface area contributed by atoms with E-state index >= 15 is 0 Å². The van der Waals surface area contributed by atoms with Crippen molar-refractivity contribution < 1.29 is 14.6 Å². The van der Waals surface area contributed by atoms with E-state index in [0.717, 1.165) is 30.6 Å². The van der Waals surface area contributed by atoms with E-state index < -0.39 is 0 Å². The largest absolute Gasteiger partial charge is 0.513 e. The van der Waals surface area contributed by atoms with Crippen molar-refractivity contribution in [1.29, 1.82) is 0 Å². The summed E-state index contributed by atoms with van der Waals surface area (Å²) in [4.78, 5) is 13.0. The lowest BCUT2D eigenvalue weighted by Gasteiger charge is -2.23. The van der Waals surface area contributed by atoms with Gasteiger partial charge in [0.1, 0.15) is 5.76 Å². The van der Waals surface area contributed by atoms with Crippen molar-refractivity contribution in [2.24, 2.45) is 5.92 Å². The molecular formula is C18H29NO3. The summed E-state index contributed by atoms with van der Waals surface area (Å²) in [7, 11) is 1.62. The van der Waals surface area contributed by atoms with E-state index in [1.54, 1.807) is 12.0 Å². The predicted octanol–water partition coefficient (Wildman–Crippen LogP) is 3.99. The first-order valence-electron chi connectivity index (χ1n) is 7.66. The van der Waals surface area contributed by atoms with Crippen molar-refractivity contribution >= 4 is 6.41 Å². The molecule has 0 heterocycles. The van der Waals surface area contributed by atoms with Crippen molar-refractivity contribution in [3.8, 4) is 0 Å². The third kappa shape index (κ3) is 7.72. The second-order valence-corrected chi connectivity index (χ2v) is 5.05. The Morgan fingerprint density at radius 2 is 2.05 bits per heavy atom. The first-order valence-corrected chi connectivity index (χ1v) is 7.66. The van der Waals surface area contributed by atoms with E-state index in [9.17, 15) is 9.90 Å². The van der Waals surface area contributed by atoms with Gasteiger partial charge in [0.05, 0.1) is 12.9 Å². The minimum Gasteiger partial charge on any atom is -0.513 e. The number of nitrogens with zero attached hydrogens (tertiary/aromatic N) is 1. The quantitative estimate of drug-likeness (QED) is 0.357. The van der Waals surface area contributed by atoms with Gasteiger partial charge in [0.25, 0.3) is 0 Å². The minimum atomic E-state index is -0.0953. The van der Waals surface area contributed by atoms with Crippen LogP contribution in [-0.4, -0.2) is 36.6 Å². The minimum absolute atomic E-state index is 0.0953. The molecule has 0 aliphatic heterocycles. The van der Waals surface area contributed by atoms with Crippen LogP contribution in [0.2, 0.25) is 0 Å². The van der Waals surface area contributed by atoms with Gasteiger partial charge in [-0.15, -0.1) is 0 Å². The Morgan fingerprint density at radius 3 is 2.45 bits per heavy atom. The van der Waals surface area contributed by atoms with Crippen molar-refractivity contribution in [2.45, 2.75) is 33.6 Å². The number of hydrogen-bond donors (Lipinski definition) is 1. The molecule has 0 saturated carbocycles. The Kier molecular flexibility index (Phi) is 10.6. The Labute approximate surface area is 134 Å². The number of allylic oxidation sites excluding steroid dienone is 3. The number of aliphatic hydroxyl groups is 1. The lowest BCUT2D eigenvalue weighted by molar-refractivity contribution is -0.118. The molecule has 0 rings (SSSR count). The number of amides is 1. The van der Waals surface area contributed by atoms with Crippen LogP contribution in [0.4, 0.5) is 0 Å². The van der Waals surface area contributed by atoms with Gasteiger partial charge in [-0.2, -0.15) is 0 Å². The number of rotatable bonds is 11. The molecule has 0 aromatic carbocycles. The van der Waals surface area contributed by atoms with Gasteiger partial charge in [-0.05, 0) is 37.5 Å². The van der Waals surface area contributed by atoms with Crippen LogP contribution in [0.15, 0.2) is 48.0 Å². The summed E-state index contributed by atoms with van der Waals surface area (Å²) in [5.74, 6) is 0.804. The fraction of sp³-hybridized carbons (Fsp3) is 0.500. The molecule has 4 heteroatoms. The molecular weight excluding hydrogens is 278 g/mol. The number of ether oxygens (including phenoxy) is 1. The summed E-state index contributed by atoms with van der Waals surface area (Å²) in [6.07, 6.45) is 10.2. The Morgan fingerprint density at radius 1 is 1.36 bits per heavy atom. The number of carbonyl (C=O) groups excluding carboxylic acids is 1. The van der Waals surface area contributed by atoms with E-state index in [1.165, 1.54) is 0 Å². The predicted molar refractivity (Wildman–Crippen MR) is 91.5 cm³/mol. The zero-order valence-electron chi connectivity index (χ0n) is 14.2. The molecule has 22 heavy (non-hydrogen) atoms. The molecule has 4 nitrogen and oxygen atoms in total. The van der Waals surface area contributed by atoms with Crippen LogP contribution in [0, 0.1) is 5.92 Å². The fourth-order valence-corrected chi connectivity index (χ4v) is 2.05. The lowest BCUT2D eigenvalue weighted by Crippen LogP contribution is -2.30. The molecule has 0 aromatic heterocycles. The first kappa shape index (κ1) is 20.0. The third-order valence-corrected chi connectivity index (χ3v) is 3.40. The van der Waals surface area contributed by atoms with Crippen molar-refractivity contribution in [3.63, 3.8) is 0 Å². The molecule has 0 bridgehead atoms. The zero-order valence-corrected chi connectivity index (χ0v) is 14.2. The average molecular weight is 307 g/mol. The molecule has 0 radical (unpaired) electrons. The van der Waals surface area contributed by atoms with E-state index in [1.807, 2.05) is 32.1 Å². The van der Waals surface area contributed by atoms with Gasteiger partial charge >= 0.3 is 0 Å². The maximum Gasteiger partial charge on any atom is 0.210 e. The van der Waals surface area contributed by atoms with Crippen LogP contribution < -0.4 is 0 Å². The maximum absolute atomic E-state index is 11.3. The number of methoxy groups -OCH3 is 1. The number of hydrogen-bond acceptors (Lipinski definition) is 3. The van der Waals surface area contributed by atoms with Crippen molar-refractivity contribution in [3.05, 3.63) is 48.0 Å². The van der Waals surface area contributed by atoms with Crippen molar-refractivity contribution in [1.82, 2.24) is 4.90 Å². The molecule has 1 unspecified atom stereocenters. The van der Waals surface area contributed by atoms with Gasteiger partial charge in [-0.3, -0.25) is 4.79 Å². The highest BCUT2D eigenvalue weighted by atomic mass is 16.5. The summed E-state index contributed by atoms with van der Waals surface area (Å²) < 4.78 is 5.19. The van der Waals surface area contributed by atoms with Crippen LogP contribution in [0.3, 0.4) is 0 Å². The maximum atomic E-state index is 11.3. The van der Waals surface area contributed by atoms with Gasteiger partial charge in [0, 0.05) is 19.0 Å². The molecule has 124 valence electrons. The van der Waals surface area contributed by atoms with Crippen LogP contribution in [-0.2, 0) is 9.53 Å². The third-order valence-electron chi connectivity index (χ3n) is 3.40. The molecule has 0 aliphatic carbocycles. The van der Waals surface area contributed by atoms with Gasteiger partial charge in [0.2, 0.25) is 6.41 Å². The van der Waals surface area contributed by atoms with E-state index in [0.29, 0.717) is 13.1 Å². The summed E-state index contributed by atoms with van der Waals surface area (Å²) in [5.41, 5.74) is 1.03. The lowest BCUT2D eigenvalue weighted by atomic mass is 10.0. The summed E-state index contributed by atoms with van der Waals surface area (Å²) in [5, 5.41) is 9.54. The highest BCUT2D eigenvalue weighted by molar-refractivity contribution is 5.48. The number of carbonyl (C=O) groups is 1. The second-order valence-electron chi connectivity index (χ2n) is 5.05. The summed E-state index contributed by atoms with van der Waals surface area (Å²) >= 11 is 0. The monoisotopic (exact) mass is 307 g/mol. The highest BCUT2D eigenvalue weighted by Crippen LogP contribution is 2.14. The van der Waals surface area contributed by atoms with Gasteiger partial charge in [-0.1, -0.05) is 32.6 Å². The first-order chi connectivity index (χ1) is 10.5. The van der Waals surface area contributed by atoms with E-state index in [4.69, 9.17) is 4.74 Å². The van der Waals surface area contributed by atoms with Crippen LogP contribution in [0.5, 0.6) is 0 Å². The SMILES string of the molecule is C=C(O)C(CC)CN(C=O)CC(/C=C\C(=C/C)OC)=C\CC. The normalized spacial score (nSPS) is 14.0. The highest BCUT2D eigenvalue weighted by Gasteiger charge is 2.14. The molecule has 1 amide bonds. The molecule has 1 N–H and O–H groups in total. The van der Waals surface area contributed by atoms with E-state index in [-0.39, 0.29) is 11.7 Å². The molecule has 0 saturated heterocycles. The van der Waals surface area contributed by atoms with Crippen LogP contribution in [0.1, 0.15) is 33.6 Å². The van der Waals surface area contributed by atoms with E-state index in [2.05, 4.69) is 19.6 Å². The smallest absolute Gasteiger partial charge is 0.210 e. The number of aliphatic hydroxyl groups excluding tert-OH is 1. The summed E-state index contributed by atoms with van der Waals surface area (Å²) in [6.45, 7) is 10.5. The molecule has 0 spiro atoms. The second kappa shape index (κ2) is 11.7. The molecule has 0 aromatic rings. The average Bonchev–Trinajstić information content (AvgIpc) is 2.51. The fourth-order valence-electron chi connectivity index (χ4n) is 2.05. The Balaban J connectivity index is 4.94. The van der Waals surface area contributed by atoms with Gasteiger partial charge < -0.3 is 14.7 Å². The van der Waals surface area contributed by atoms with Gasteiger partial charge in [-0.25, -0.2) is 0 Å². The standard InChI is InChI=1S/C18H29NO3/c1-6-9-16(10-11-18(8-3)22-5)12-19(14-20)13-17(7-2)15(4)21/h8-11,14,17,21H,4,6-7,12-13H2,1-3,5H3/b11-10-,16-9-,18-8+.